The van der Waals surface area contributed by atoms with Gasteiger partial charge in [-0.1, -0.05) is 44.2 Å². The first-order valence-corrected chi connectivity index (χ1v) is 7.72. The van der Waals surface area contributed by atoms with Crippen molar-refractivity contribution in [2.45, 2.75) is 39.2 Å². The molecule has 0 saturated carbocycles. The lowest BCUT2D eigenvalue weighted by atomic mass is 9.95. The van der Waals surface area contributed by atoms with Crippen molar-refractivity contribution >= 4 is 11.6 Å². The second-order valence-corrected chi connectivity index (χ2v) is 5.31. The van der Waals surface area contributed by atoms with E-state index in [9.17, 15) is 9.59 Å². The summed E-state index contributed by atoms with van der Waals surface area (Å²) in [5, 5.41) is 2.92. The molecule has 2 rings (SSSR count). The van der Waals surface area contributed by atoms with E-state index in [0.29, 0.717) is 12.2 Å². The molecule has 1 heterocycles. The van der Waals surface area contributed by atoms with Gasteiger partial charge in [0.05, 0.1) is 11.6 Å². The van der Waals surface area contributed by atoms with E-state index in [4.69, 9.17) is 0 Å². The predicted molar refractivity (Wildman–Crippen MR) is 89.1 cm³/mol. The molecule has 1 atom stereocenters. The maximum Gasteiger partial charge on any atom is 0.250 e. The number of aryl methyl sites for hydroxylation is 1. The Kier molecular flexibility index (Phi) is 5.53. The van der Waals surface area contributed by atoms with Gasteiger partial charge < -0.3 is 9.88 Å². The molecule has 22 heavy (non-hydrogen) atoms. The van der Waals surface area contributed by atoms with Crippen molar-refractivity contribution in [3.05, 3.63) is 64.6 Å². The summed E-state index contributed by atoms with van der Waals surface area (Å²) in [6.45, 7) is 4.66. The molecular weight excluding hydrogens is 276 g/mol. The van der Waals surface area contributed by atoms with Gasteiger partial charge in [0, 0.05) is 18.8 Å². The first-order chi connectivity index (χ1) is 10.7. The third kappa shape index (κ3) is 3.85. The van der Waals surface area contributed by atoms with E-state index in [-0.39, 0.29) is 17.4 Å². The van der Waals surface area contributed by atoms with Gasteiger partial charge >= 0.3 is 0 Å². The molecule has 2 aromatic rings. The Morgan fingerprint density at radius 1 is 1.14 bits per heavy atom. The maximum atomic E-state index is 12.5. The van der Waals surface area contributed by atoms with Gasteiger partial charge in [-0.15, -0.1) is 0 Å². The summed E-state index contributed by atoms with van der Waals surface area (Å²) in [4.78, 5) is 24.2. The van der Waals surface area contributed by atoms with Gasteiger partial charge in [0.25, 0.3) is 5.56 Å². The van der Waals surface area contributed by atoms with Crippen LogP contribution >= 0.6 is 0 Å². The van der Waals surface area contributed by atoms with Crippen LogP contribution in [0, 0.1) is 0 Å². The van der Waals surface area contributed by atoms with Crippen LogP contribution in [0.3, 0.4) is 0 Å². The molecule has 4 nitrogen and oxygen atoms in total. The SMILES string of the molecule is CCCn1cc(NC(=O)[C@@H](CC)c2ccccc2)ccc1=O. The van der Waals surface area contributed by atoms with Crippen LogP contribution in [-0.4, -0.2) is 10.5 Å². The monoisotopic (exact) mass is 298 g/mol. The van der Waals surface area contributed by atoms with Crippen LogP contribution in [-0.2, 0) is 11.3 Å². The molecule has 0 fully saturated rings. The number of pyridine rings is 1. The van der Waals surface area contributed by atoms with Crippen LogP contribution < -0.4 is 10.9 Å². The second kappa shape index (κ2) is 7.59. The van der Waals surface area contributed by atoms with Crippen molar-refractivity contribution in [3.63, 3.8) is 0 Å². The van der Waals surface area contributed by atoms with Crippen molar-refractivity contribution in [3.8, 4) is 0 Å². The Morgan fingerprint density at radius 3 is 2.50 bits per heavy atom. The molecule has 0 aliphatic heterocycles. The molecule has 0 unspecified atom stereocenters. The third-order valence-corrected chi connectivity index (χ3v) is 3.64. The van der Waals surface area contributed by atoms with Crippen molar-refractivity contribution < 1.29 is 4.79 Å². The van der Waals surface area contributed by atoms with E-state index in [2.05, 4.69) is 5.32 Å². The second-order valence-electron chi connectivity index (χ2n) is 5.31. The van der Waals surface area contributed by atoms with Gasteiger partial charge in [0.2, 0.25) is 5.91 Å². The minimum absolute atomic E-state index is 0.0459. The summed E-state index contributed by atoms with van der Waals surface area (Å²) in [6, 6.07) is 12.9. The third-order valence-electron chi connectivity index (χ3n) is 3.64. The number of hydrogen-bond donors (Lipinski definition) is 1. The van der Waals surface area contributed by atoms with Crippen LogP contribution in [0.2, 0.25) is 0 Å². The first kappa shape index (κ1) is 16.0. The lowest BCUT2D eigenvalue weighted by molar-refractivity contribution is -0.117. The van der Waals surface area contributed by atoms with Gasteiger partial charge in [-0.3, -0.25) is 9.59 Å². The van der Waals surface area contributed by atoms with Crippen LogP contribution in [0.5, 0.6) is 0 Å². The summed E-state index contributed by atoms with van der Waals surface area (Å²) in [7, 11) is 0. The fraction of sp³-hybridized carbons (Fsp3) is 0.333. The molecule has 0 saturated heterocycles. The highest BCUT2D eigenvalue weighted by Crippen LogP contribution is 2.21. The molecule has 1 amide bonds. The quantitative estimate of drug-likeness (QED) is 0.888. The van der Waals surface area contributed by atoms with Crippen LogP contribution in [0.4, 0.5) is 5.69 Å². The standard InChI is InChI=1S/C18H22N2O2/c1-3-12-20-13-15(10-11-17(20)21)19-18(22)16(4-2)14-8-6-5-7-9-14/h5-11,13,16H,3-4,12H2,1-2H3,(H,19,22)/t16-/m0/s1. The van der Waals surface area contributed by atoms with Crippen LogP contribution in [0.25, 0.3) is 0 Å². The van der Waals surface area contributed by atoms with Crippen molar-refractivity contribution in [1.82, 2.24) is 4.57 Å². The van der Waals surface area contributed by atoms with E-state index < -0.39 is 0 Å². The number of anilines is 1. The average molecular weight is 298 g/mol. The highest BCUT2D eigenvalue weighted by atomic mass is 16.2. The predicted octanol–water partition coefficient (Wildman–Crippen LogP) is 3.39. The number of amides is 1. The molecule has 0 spiro atoms. The number of carbonyl (C=O) groups is 1. The Labute approximate surface area is 130 Å². The zero-order valence-corrected chi connectivity index (χ0v) is 13.1. The van der Waals surface area contributed by atoms with Crippen molar-refractivity contribution in [2.24, 2.45) is 0 Å². The van der Waals surface area contributed by atoms with Gasteiger partial charge in [0.1, 0.15) is 0 Å². The van der Waals surface area contributed by atoms with Gasteiger partial charge in [0.15, 0.2) is 0 Å². The smallest absolute Gasteiger partial charge is 0.250 e. The summed E-state index contributed by atoms with van der Waals surface area (Å²) in [5.41, 5.74) is 1.62. The van der Waals surface area contributed by atoms with Crippen LogP contribution in [0.1, 0.15) is 38.2 Å². The number of rotatable bonds is 6. The lowest BCUT2D eigenvalue weighted by Crippen LogP contribution is -2.23. The van der Waals surface area contributed by atoms with E-state index >= 15 is 0 Å². The molecule has 0 aliphatic carbocycles. The largest absolute Gasteiger partial charge is 0.324 e. The molecule has 0 bridgehead atoms. The molecule has 1 aromatic carbocycles. The maximum absolute atomic E-state index is 12.5. The Morgan fingerprint density at radius 2 is 1.86 bits per heavy atom. The Hall–Kier alpha value is -2.36. The summed E-state index contributed by atoms with van der Waals surface area (Å²) in [5.74, 6) is -0.233. The molecule has 0 radical (unpaired) electrons. The molecule has 1 aromatic heterocycles. The van der Waals surface area contributed by atoms with Gasteiger partial charge in [-0.05, 0) is 24.5 Å². The fourth-order valence-electron chi connectivity index (χ4n) is 2.51. The number of nitrogens with zero attached hydrogens (tertiary/aromatic N) is 1. The van der Waals surface area contributed by atoms with E-state index in [1.165, 1.54) is 6.07 Å². The van der Waals surface area contributed by atoms with Gasteiger partial charge in [-0.25, -0.2) is 0 Å². The Balaban J connectivity index is 2.17. The lowest BCUT2D eigenvalue weighted by Gasteiger charge is -2.16. The molecule has 0 aliphatic rings. The molecule has 4 heteroatoms. The van der Waals surface area contributed by atoms with Gasteiger partial charge in [-0.2, -0.15) is 0 Å². The fourth-order valence-corrected chi connectivity index (χ4v) is 2.51. The number of nitrogens with one attached hydrogen (secondary N) is 1. The van der Waals surface area contributed by atoms with E-state index in [0.717, 1.165) is 18.4 Å². The van der Waals surface area contributed by atoms with E-state index in [1.807, 2.05) is 44.2 Å². The summed E-state index contributed by atoms with van der Waals surface area (Å²) in [6.07, 6.45) is 3.31. The minimum atomic E-state index is -0.187. The molecular formula is C18H22N2O2. The molecule has 116 valence electrons. The summed E-state index contributed by atoms with van der Waals surface area (Å²) < 4.78 is 1.62. The number of aromatic nitrogens is 1. The van der Waals surface area contributed by atoms with E-state index in [1.54, 1.807) is 16.8 Å². The average Bonchev–Trinajstić information content (AvgIpc) is 2.52. The van der Waals surface area contributed by atoms with Crippen molar-refractivity contribution in [1.29, 1.82) is 0 Å². The molecule has 1 N–H and O–H groups in total. The highest BCUT2D eigenvalue weighted by Gasteiger charge is 2.18. The summed E-state index contributed by atoms with van der Waals surface area (Å²) >= 11 is 0. The first-order valence-electron chi connectivity index (χ1n) is 7.72. The normalized spacial score (nSPS) is 11.9. The topological polar surface area (TPSA) is 51.1 Å². The highest BCUT2D eigenvalue weighted by molar-refractivity contribution is 5.95. The Bertz CT molecular complexity index is 677. The van der Waals surface area contributed by atoms with Crippen LogP contribution in [0.15, 0.2) is 53.5 Å². The van der Waals surface area contributed by atoms with Crippen molar-refractivity contribution in [2.75, 3.05) is 5.32 Å². The number of carbonyl (C=O) groups excluding carboxylic acids is 1. The number of benzene rings is 1. The zero-order valence-electron chi connectivity index (χ0n) is 13.1. The number of hydrogen-bond acceptors (Lipinski definition) is 2. The minimum Gasteiger partial charge on any atom is -0.324 e. The zero-order chi connectivity index (χ0) is 15.9.